The number of halogens is 1. The van der Waals surface area contributed by atoms with Crippen molar-refractivity contribution in [2.75, 3.05) is 11.9 Å². The van der Waals surface area contributed by atoms with Gasteiger partial charge < -0.3 is 10.1 Å². The number of carbonyl (C=O) groups excluding carboxylic acids is 2. The Labute approximate surface area is 154 Å². The molecule has 6 nitrogen and oxygen atoms in total. The highest BCUT2D eigenvalue weighted by molar-refractivity contribution is 9.10. The Morgan fingerprint density at radius 1 is 1.12 bits per heavy atom. The molecule has 0 saturated carbocycles. The van der Waals surface area contributed by atoms with Crippen LogP contribution in [0, 0.1) is 0 Å². The van der Waals surface area contributed by atoms with Gasteiger partial charge in [-0.3, -0.25) is 9.59 Å². The van der Waals surface area contributed by atoms with E-state index in [1.807, 2.05) is 37.3 Å². The lowest BCUT2D eigenvalue weighted by molar-refractivity contribution is -0.126. The second-order valence-corrected chi connectivity index (χ2v) is 5.85. The van der Waals surface area contributed by atoms with E-state index in [0.29, 0.717) is 12.3 Å². The highest BCUT2D eigenvalue weighted by Crippen LogP contribution is 2.21. The third-order valence-corrected chi connectivity index (χ3v) is 3.75. The van der Waals surface area contributed by atoms with Crippen molar-refractivity contribution >= 4 is 39.6 Å². The molecule has 0 radical (unpaired) electrons. The van der Waals surface area contributed by atoms with Crippen LogP contribution in [0.5, 0.6) is 5.75 Å². The third kappa shape index (κ3) is 6.39. The van der Waals surface area contributed by atoms with E-state index in [2.05, 4.69) is 31.8 Å². The zero-order chi connectivity index (χ0) is 18.1. The summed E-state index contributed by atoms with van der Waals surface area (Å²) in [5, 5.41) is 6.50. The molecule has 0 aromatic heterocycles. The number of carbonyl (C=O) groups is 2. The van der Waals surface area contributed by atoms with Gasteiger partial charge in [-0.15, -0.1) is 0 Å². The number of ether oxygens (including phenoxy) is 1. The van der Waals surface area contributed by atoms with Crippen LogP contribution in [0.15, 0.2) is 58.1 Å². The summed E-state index contributed by atoms with van der Waals surface area (Å²) < 4.78 is 6.09. The van der Waals surface area contributed by atoms with Crippen LogP contribution in [-0.4, -0.2) is 24.6 Å². The molecular formula is C18H18BrN3O3. The Kier molecular flexibility index (Phi) is 7.16. The van der Waals surface area contributed by atoms with Crippen LogP contribution >= 0.6 is 15.9 Å². The normalized spacial score (nSPS) is 10.5. The van der Waals surface area contributed by atoms with Gasteiger partial charge in [0, 0.05) is 4.47 Å². The fraction of sp³-hybridized carbons (Fsp3) is 0.167. The molecule has 2 rings (SSSR count). The van der Waals surface area contributed by atoms with Gasteiger partial charge in [-0.1, -0.05) is 12.1 Å². The summed E-state index contributed by atoms with van der Waals surface area (Å²) in [6, 6.07) is 14.4. The number of hydrazone groups is 1. The van der Waals surface area contributed by atoms with Gasteiger partial charge in [-0.25, -0.2) is 5.43 Å². The van der Waals surface area contributed by atoms with Crippen molar-refractivity contribution in [1.82, 2.24) is 5.43 Å². The number of hydrogen-bond acceptors (Lipinski definition) is 4. The zero-order valence-electron chi connectivity index (χ0n) is 13.7. The van der Waals surface area contributed by atoms with Crippen LogP contribution in [0.3, 0.4) is 0 Å². The number of benzene rings is 2. The molecule has 0 heterocycles. The number of amides is 2. The average Bonchev–Trinajstić information content (AvgIpc) is 2.59. The molecule has 0 saturated heterocycles. The van der Waals surface area contributed by atoms with Crippen LogP contribution in [-0.2, 0) is 9.59 Å². The number of nitrogens with zero attached hydrogens (tertiary/aromatic N) is 1. The molecule has 0 atom stereocenters. The van der Waals surface area contributed by atoms with Crippen molar-refractivity contribution in [1.29, 1.82) is 0 Å². The van der Waals surface area contributed by atoms with Crippen LogP contribution in [0.2, 0.25) is 0 Å². The van der Waals surface area contributed by atoms with Crippen molar-refractivity contribution < 1.29 is 14.3 Å². The van der Waals surface area contributed by atoms with Gasteiger partial charge in [0.15, 0.2) is 0 Å². The molecule has 0 spiro atoms. The Morgan fingerprint density at radius 3 is 2.52 bits per heavy atom. The summed E-state index contributed by atoms with van der Waals surface area (Å²) in [7, 11) is 0. The first kappa shape index (κ1) is 18.7. The maximum Gasteiger partial charge on any atom is 0.249 e. The van der Waals surface area contributed by atoms with E-state index in [-0.39, 0.29) is 6.42 Å². The monoisotopic (exact) mass is 403 g/mol. The van der Waals surface area contributed by atoms with E-state index in [1.54, 1.807) is 18.2 Å². The van der Waals surface area contributed by atoms with E-state index >= 15 is 0 Å². The summed E-state index contributed by atoms with van der Waals surface area (Å²) in [5.41, 5.74) is 3.75. The van der Waals surface area contributed by atoms with Crippen LogP contribution in [0.4, 0.5) is 5.69 Å². The van der Waals surface area contributed by atoms with Gasteiger partial charge in [0.2, 0.25) is 11.8 Å². The van der Waals surface area contributed by atoms with Gasteiger partial charge in [0.1, 0.15) is 12.2 Å². The Balaban J connectivity index is 1.79. The van der Waals surface area contributed by atoms with E-state index in [0.717, 1.165) is 15.8 Å². The molecule has 130 valence electrons. The predicted molar refractivity (Wildman–Crippen MR) is 101 cm³/mol. The topological polar surface area (TPSA) is 79.8 Å². The first-order chi connectivity index (χ1) is 12.1. The minimum atomic E-state index is -0.494. The number of rotatable bonds is 7. The number of para-hydroxylation sites is 1. The summed E-state index contributed by atoms with van der Waals surface area (Å²) in [6.07, 6.45) is 1.18. The molecule has 2 N–H and O–H groups in total. The number of hydrogen-bond donors (Lipinski definition) is 2. The molecule has 0 aliphatic carbocycles. The van der Waals surface area contributed by atoms with Gasteiger partial charge in [0.25, 0.3) is 0 Å². The second-order valence-electron chi connectivity index (χ2n) is 5.00. The van der Waals surface area contributed by atoms with Crippen molar-refractivity contribution in [2.45, 2.75) is 13.3 Å². The molecule has 2 aromatic rings. The lowest BCUT2D eigenvalue weighted by Gasteiger charge is -2.06. The van der Waals surface area contributed by atoms with Gasteiger partial charge >= 0.3 is 0 Å². The summed E-state index contributed by atoms with van der Waals surface area (Å²) in [6.45, 7) is 2.52. The van der Waals surface area contributed by atoms with E-state index in [1.165, 1.54) is 6.21 Å². The van der Waals surface area contributed by atoms with Gasteiger partial charge in [-0.2, -0.15) is 5.10 Å². The molecule has 2 amide bonds. The molecule has 0 bridgehead atoms. The second kappa shape index (κ2) is 9.58. The molecule has 0 fully saturated rings. The Morgan fingerprint density at radius 2 is 1.84 bits per heavy atom. The number of anilines is 1. The fourth-order valence-electron chi connectivity index (χ4n) is 1.94. The van der Waals surface area contributed by atoms with E-state index < -0.39 is 11.8 Å². The molecule has 0 aliphatic rings. The fourth-order valence-corrected chi connectivity index (χ4v) is 2.32. The maximum absolute atomic E-state index is 11.8. The minimum Gasteiger partial charge on any atom is -0.494 e. The zero-order valence-corrected chi connectivity index (χ0v) is 15.2. The van der Waals surface area contributed by atoms with E-state index in [4.69, 9.17) is 4.74 Å². The lowest BCUT2D eigenvalue weighted by Crippen LogP contribution is -2.24. The summed E-state index contributed by atoms with van der Waals surface area (Å²) in [4.78, 5) is 23.6. The first-order valence-electron chi connectivity index (χ1n) is 7.67. The van der Waals surface area contributed by atoms with Crippen LogP contribution in [0.25, 0.3) is 0 Å². The summed E-state index contributed by atoms with van der Waals surface area (Å²) >= 11 is 3.33. The van der Waals surface area contributed by atoms with Crippen molar-refractivity contribution in [3.63, 3.8) is 0 Å². The van der Waals surface area contributed by atoms with Crippen LogP contribution < -0.4 is 15.5 Å². The molecule has 0 aliphatic heterocycles. The molecule has 25 heavy (non-hydrogen) atoms. The number of nitrogens with one attached hydrogen (secondary N) is 2. The predicted octanol–water partition coefficient (Wildman–Crippen LogP) is 3.33. The highest BCUT2D eigenvalue weighted by Gasteiger charge is 2.10. The van der Waals surface area contributed by atoms with Crippen molar-refractivity contribution in [2.24, 2.45) is 5.10 Å². The van der Waals surface area contributed by atoms with E-state index in [9.17, 15) is 9.59 Å². The van der Waals surface area contributed by atoms with Gasteiger partial charge in [0.05, 0.1) is 18.5 Å². The summed E-state index contributed by atoms with van der Waals surface area (Å²) in [5.74, 6) is -0.139. The maximum atomic E-state index is 11.8. The first-order valence-corrected chi connectivity index (χ1v) is 8.47. The van der Waals surface area contributed by atoms with Crippen molar-refractivity contribution in [3.05, 3.63) is 58.6 Å². The highest BCUT2D eigenvalue weighted by atomic mass is 79.9. The Bertz CT molecular complexity index is 760. The van der Waals surface area contributed by atoms with Crippen molar-refractivity contribution in [3.8, 4) is 5.75 Å². The average molecular weight is 404 g/mol. The third-order valence-electron chi connectivity index (χ3n) is 3.06. The Hall–Kier alpha value is -2.67. The molecule has 0 unspecified atom stereocenters. The SMILES string of the molecule is CCOc1ccc(C=NNC(=O)CC(=O)Nc2ccccc2Br)cc1. The lowest BCUT2D eigenvalue weighted by atomic mass is 10.2. The largest absolute Gasteiger partial charge is 0.494 e. The van der Waals surface area contributed by atoms with Crippen LogP contribution in [0.1, 0.15) is 18.9 Å². The molecule has 2 aromatic carbocycles. The van der Waals surface area contributed by atoms with Gasteiger partial charge in [-0.05, 0) is 64.8 Å². The smallest absolute Gasteiger partial charge is 0.249 e. The molecular weight excluding hydrogens is 386 g/mol. The molecule has 7 heteroatoms. The minimum absolute atomic E-state index is 0.318. The standard InChI is InChI=1S/C18H18BrN3O3/c1-2-25-14-9-7-13(8-10-14)12-20-22-18(24)11-17(23)21-16-6-4-3-5-15(16)19/h3-10,12H,2,11H2,1H3,(H,21,23)(H,22,24). The quantitative estimate of drug-likeness (QED) is 0.422.